The first-order chi connectivity index (χ1) is 17.7. The molecule has 0 spiro atoms. The average molecular weight is 495 g/mol. The molecule has 2 heterocycles. The van der Waals surface area contributed by atoms with Crippen LogP contribution in [0.5, 0.6) is 11.5 Å². The maximum absolute atomic E-state index is 13.0. The van der Waals surface area contributed by atoms with Crippen LogP contribution in [0.2, 0.25) is 0 Å². The van der Waals surface area contributed by atoms with Crippen LogP contribution in [0.4, 0.5) is 4.79 Å². The van der Waals surface area contributed by atoms with Gasteiger partial charge in [0.05, 0.1) is 26.3 Å². The van der Waals surface area contributed by atoms with E-state index in [9.17, 15) is 4.79 Å². The van der Waals surface area contributed by atoms with Crippen molar-refractivity contribution < 1.29 is 14.3 Å². The summed E-state index contributed by atoms with van der Waals surface area (Å²) in [4.78, 5) is 18.0. The Kier molecular flexibility index (Phi) is 9.87. The molecule has 2 fully saturated rings. The van der Waals surface area contributed by atoms with E-state index in [2.05, 4.69) is 44.7 Å². The molecule has 0 radical (unpaired) electrons. The van der Waals surface area contributed by atoms with Crippen LogP contribution in [0.15, 0.2) is 48.5 Å². The topological polar surface area (TPSA) is 66.1 Å². The summed E-state index contributed by atoms with van der Waals surface area (Å²) in [5, 5.41) is 6.35. The van der Waals surface area contributed by atoms with Gasteiger partial charge in [0.25, 0.3) is 0 Å². The van der Waals surface area contributed by atoms with Crippen LogP contribution in [0.3, 0.4) is 0 Å². The molecular weight excluding hydrogens is 452 g/mol. The number of hydrogen-bond donors (Lipinski definition) is 2. The van der Waals surface area contributed by atoms with Crippen molar-refractivity contribution in [3.63, 3.8) is 0 Å². The third-order valence-corrected chi connectivity index (χ3v) is 7.58. The molecule has 7 heteroatoms. The number of piperidine rings is 2. The molecule has 2 aliphatic rings. The standard InChI is InChI=1S/C29H42N4O3/c1-35-25-13-9-23(10-14-25)27(32-17-5-3-6-18-32)21-30-29(34)31-22-28(33-19-7-4-8-20-33)24-11-15-26(36-2)16-12-24/h9-16,27-28H,3-8,17-22H2,1-2H3,(H2,30,31,34)/t27-,28+. The molecule has 0 aliphatic carbocycles. The minimum Gasteiger partial charge on any atom is -0.497 e. The molecule has 0 unspecified atom stereocenters. The first kappa shape index (κ1) is 26.3. The molecular formula is C29H42N4O3. The number of likely N-dealkylation sites (tertiary alicyclic amines) is 2. The van der Waals surface area contributed by atoms with E-state index in [0.29, 0.717) is 13.1 Å². The van der Waals surface area contributed by atoms with Gasteiger partial charge in [0.1, 0.15) is 11.5 Å². The van der Waals surface area contributed by atoms with Crippen molar-refractivity contribution in [3.8, 4) is 11.5 Å². The van der Waals surface area contributed by atoms with E-state index < -0.39 is 0 Å². The highest BCUT2D eigenvalue weighted by Crippen LogP contribution is 2.27. The number of rotatable bonds is 10. The lowest BCUT2D eigenvalue weighted by atomic mass is 10.0. The SMILES string of the molecule is COc1ccc([C@@H](CNC(=O)NC[C@@H](c2ccc(OC)cc2)N2CCCCC2)N2CCCCC2)cc1. The minimum absolute atomic E-state index is 0.110. The molecule has 2 N–H and O–H groups in total. The van der Waals surface area contributed by atoms with Gasteiger partial charge in [-0.15, -0.1) is 0 Å². The molecule has 0 aromatic heterocycles. The summed E-state index contributed by atoms with van der Waals surface area (Å²) in [6, 6.07) is 16.7. The van der Waals surface area contributed by atoms with Crippen molar-refractivity contribution in [2.75, 3.05) is 53.5 Å². The van der Waals surface area contributed by atoms with Crippen molar-refractivity contribution in [1.29, 1.82) is 0 Å². The number of nitrogens with zero attached hydrogens (tertiary/aromatic N) is 2. The predicted molar refractivity (Wildman–Crippen MR) is 144 cm³/mol. The van der Waals surface area contributed by atoms with Crippen LogP contribution in [-0.2, 0) is 0 Å². The van der Waals surface area contributed by atoms with E-state index in [1.165, 1.54) is 49.7 Å². The Morgan fingerprint density at radius 1 is 0.667 bits per heavy atom. The number of urea groups is 1. The van der Waals surface area contributed by atoms with Gasteiger partial charge < -0.3 is 20.1 Å². The van der Waals surface area contributed by atoms with Crippen LogP contribution in [0, 0.1) is 0 Å². The van der Waals surface area contributed by atoms with Gasteiger partial charge >= 0.3 is 6.03 Å². The quantitative estimate of drug-likeness (QED) is 0.499. The van der Waals surface area contributed by atoms with Crippen molar-refractivity contribution in [2.45, 2.75) is 50.6 Å². The number of methoxy groups -OCH3 is 2. The van der Waals surface area contributed by atoms with E-state index in [1.807, 2.05) is 24.3 Å². The summed E-state index contributed by atoms with van der Waals surface area (Å²) < 4.78 is 10.7. The zero-order valence-electron chi connectivity index (χ0n) is 21.9. The van der Waals surface area contributed by atoms with Gasteiger partial charge in [-0.2, -0.15) is 0 Å². The number of benzene rings is 2. The van der Waals surface area contributed by atoms with Crippen LogP contribution in [0.1, 0.15) is 61.7 Å². The first-order valence-corrected chi connectivity index (χ1v) is 13.5. The first-order valence-electron chi connectivity index (χ1n) is 13.5. The van der Waals surface area contributed by atoms with Gasteiger partial charge in [-0.25, -0.2) is 4.79 Å². The largest absolute Gasteiger partial charge is 0.497 e. The molecule has 2 aromatic carbocycles. The fraction of sp³-hybridized carbons (Fsp3) is 0.552. The van der Waals surface area contributed by atoms with Gasteiger partial charge in [-0.05, 0) is 87.3 Å². The number of ether oxygens (including phenoxy) is 2. The van der Waals surface area contributed by atoms with E-state index in [-0.39, 0.29) is 18.1 Å². The van der Waals surface area contributed by atoms with Gasteiger partial charge in [-0.3, -0.25) is 9.80 Å². The van der Waals surface area contributed by atoms with Crippen LogP contribution >= 0.6 is 0 Å². The maximum atomic E-state index is 13.0. The van der Waals surface area contributed by atoms with Crippen molar-refractivity contribution >= 4 is 6.03 Å². The Hall–Kier alpha value is -2.77. The highest BCUT2D eigenvalue weighted by Gasteiger charge is 2.25. The molecule has 2 saturated heterocycles. The average Bonchev–Trinajstić information content (AvgIpc) is 2.95. The van der Waals surface area contributed by atoms with Crippen LogP contribution in [-0.4, -0.2) is 69.3 Å². The number of carbonyl (C=O) groups is 1. The molecule has 36 heavy (non-hydrogen) atoms. The molecule has 0 bridgehead atoms. The third kappa shape index (κ3) is 7.14. The smallest absolute Gasteiger partial charge is 0.314 e. The van der Waals surface area contributed by atoms with Gasteiger partial charge in [0, 0.05) is 13.1 Å². The zero-order chi connectivity index (χ0) is 25.2. The molecule has 7 nitrogen and oxygen atoms in total. The fourth-order valence-corrected chi connectivity index (χ4v) is 5.47. The normalized spacial score (nSPS) is 18.7. The Morgan fingerprint density at radius 2 is 1.03 bits per heavy atom. The van der Waals surface area contributed by atoms with Gasteiger partial charge in [-0.1, -0.05) is 37.1 Å². The van der Waals surface area contributed by atoms with Crippen LogP contribution < -0.4 is 20.1 Å². The second-order valence-corrected chi connectivity index (χ2v) is 9.86. The Morgan fingerprint density at radius 3 is 1.36 bits per heavy atom. The van der Waals surface area contributed by atoms with Crippen LogP contribution in [0.25, 0.3) is 0 Å². The minimum atomic E-state index is -0.110. The lowest BCUT2D eigenvalue weighted by molar-refractivity contribution is 0.154. The molecule has 2 aromatic rings. The number of nitrogens with one attached hydrogen (secondary N) is 2. The van der Waals surface area contributed by atoms with Gasteiger partial charge in [0.15, 0.2) is 0 Å². The summed E-state index contributed by atoms with van der Waals surface area (Å²) in [6.45, 7) is 5.41. The molecule has 2 aliphatic heterocycles. The number of carbonyl (C=O) groups excluding carboxylic acids is 1. The Balaban J connectivity index is 1.38. The summed E-state index contributed by atoms with van der Waals surface area (Å²) in [7, 11) is 3.37. The lowest BCUT2D eigenvalue weighted by Gasteiger charge is -2.36. The van der Waals surface area contributed by atoms with Gasteiger partial charge in [0.2, 0.25) is 0 Å². The maximum Gasteiger partial charge on any atom is 0.314 e. The van der Waals surface area contributed by atoms with E-state index in [0.717, 1.165) is 37.7 Å². The van der Waals surface area contributed by atoms with Crippen molar-refractivity contribution in [1.82, 2.24) is 20.4 Å². The molecule has 2 amide bonds. The Bertz CT molecular complexity index is 847. The summed E-state index contributed by atoms with van der Waals surface area (Å²) >= 11 is 0. The molecule has 4 rings (SSSR count). The number of amides is 2. The predicted octanol–water partition coefficient (Wildman–Crippen LogP) is 4.76. The van der Waals surface area contributed by atoms with E-state index >= 15 is 0 Å². The lowest BCUT2D eigenvalue weighted by Crippen LogP contribution is -2.46. The highest BCUT2D eigenvalue weighted by molar-refractivity contribution is 5.74. The molecule has 2 atom stereocenters. The monoisotopic (exact) mass is 494 g/mol. The second-order valence-electron chi connectivity index (χ2n) is 9.86. The Labute approximate surface area is 216 Å². The molecule has 196 valence electrons. The summed E-state index contributed by atoms with van der Waals surface area (Å²) in [5.74, 6) is 1.70. The number of hydrogen-bond acceptors (Lipinski definition) is 5. The summed E-state index contributed by atoms with van der Waals surface area (Å²) in [5.41, 5.74) is 2.42. The summed E-state index contributed by atoms with van der Waals surface area (Å²) in [6.07, 6.45) is 7.39. The van der Waals surface area contributed by atoms with Crippen molar-refractivity contribution in [3.05, 3.63) is 59.7 Å². The second kappa shape index (κ2) is 13.5. The fourth-order valence-electron chi connectivity index (χ4n) is 5.47. The van der Waals surface area contributed by atoms with E-state index in [1.54, 1.807) is 14.2 Å². The third-order valence-electron chi connectivity index (χ3n) is 7.58. The van der Waals surface area contributed by atoms with E-state index in [4.69, 9.17) is 9.47 Å². The zero-order valence-corrected chi connectivity index (χ0v) is 21.9. The van der Waals surface area contributed by atoms with Crippen molar-refractivity contribution in [2.24, 2.45) is 0 Å². The highest BCUT2D eigenvalue weighted by atomic mass is 16.5. The molecule has 0 saturated carbocycles.